The van der Waals surface area contributed by atoms with Crippen LogP contribution in [0.25, 0.3) is 10.9 Å². The van der Waals surface area contributed by atoms with Crippen molar-refractivity contribution < 1.29 is 4.74 Å². The third kappa shape index (κ3) is 2.74. The molecule has 2 heterocycles. The third-order valence-electron chi connectivity index (χ3n) is 4.09. The fourth-order valence-electron chi connectivity index (χ4n) is 3.02. The van der Waals surface area contributed by atoms with E-state index in [-0.39, 0.29) is 0 Å². The van der Waals surface area contributed by atoms with Gasteiger partial charge in [0.1, 0.15) is 0 Å². The Hall–Kier alpha value is -1.32. The first-order chi connectivity index (χ1) is 9.75. The van der Waals surface area contributed by atoms with Crippen molar-refractivity contribution in [2.45, 2.75) is 45.4 Å². The van der Waals surface area contributed by atoms with Gasteiger partial charge < -0.3 is 14.6 Å². The van der Waals surface area contributed by atoms with Crippen LogP contribution < -0.4 is 5.32 Å². The van der Waals surface area contributed by atoms with E-state index < -0.39 is 0 Å². The minimum Gasteiger partial charge on any atom is -0.377 e. The number of nitrogens with zero attached hydrogens (tertiary/aromatic N) is 1. The molecule has 1 fully saturated rings. The molecule has 0 radical (unpaired) electrons. The SMILES string of the molecule is CC(C)n1cc(CNC[C@@H]2CCCO2)c2ccccc21. The van der Waals surface area contributed by atoms with Crippen molar-refractivity contribution in [2.24, 2.45) is 0 Å². The van der Waals surface area contributed by atoms with Crippen LogP contribution in [0.3, 0.4) is 0 Å². The Morgan fingerprint density at radius 2 is 2.20 bits per heavy atom. The largest absolute Gasteiger partial charge is 0.377 e. The van der Waals surface area contributed by atoms with E-state index in [9.17, 15) is 0 Å². The summed E-state index contributed by atoms with van der Waals surface area (Å²) >= 11 is 0. The Morgan fingerprint density at radius 3 is 2.95 bits per heavy atom. The molecule has 2 aromatic rings. The molecule has 1 aromatic heterocycles. The number of hydrogen-bond acceptors (Lipinski definition) is 2. The number of nitrogens with one attached hydrogen (secondary N) is 1. The van der Waals surface area contributed by atoms with Gasteiger partial charge in [-0.15, -0.1) is 0 Å². The van der Waals surface area contributed by atoms with Crippen LogP contribution in [0.2, 0.25) is 0 Å². The highest BCUT2D eigenvalue weighted by Gasteiger charge is 2.15. The summed E-state index contributed by atoms with van der Waals surface area (Å²) in [7, 11) is 0. The van der Waals surface area contributed by atoms with Crippen molar-refractivity contribution in [1.29, 1.82) is 0 Å². The molecule has 1 aliphatic rings. The van der Waals surface area contributed by atoms with E-state index in [0.29, 0.717) is 12.1 Å². The fraction of sp³-hybridized carbons (Fsp3) is 0.529. The highest BCUT2D eigenvalue weighted by Crippen LogP contribution is 2.24. The molecule has 3 heteroatoms. The maximum absolute atomic E-state index is 5.65. The first-order valence-corrected chi connectivity index (χ1v) is 7.66. The first kappa shape index (κ1) is 13.7. The zero-order valence-electron chi connectivity index (χ0n) is 12.4. The predicted molar refractivity (Wildman–Crippen MR) is 83.0 cm³/mol. The van der Waals surface area contributed by atoms with Gasteiger partial charge in [-0.05, 0) is 38.3 Å². The van der Waals surface area contributed by atoms with Gasteiger partial charge in [0.15, 0.2) is 0 Å². The van der Waals surface area contributed by atoms with Gasteiger partial charge in [0.25, 0.3) is 0 Å². The molecule has 1 aliphatic heterocycles. The Labute approximate surface area is 120 Å². The molecule has 108 valence electrons. The summed E-state index contributed by atoms with van der Waals surface area (Å²) in [6.45, 7) is 7.27. The monoisotopic (exact) mass is 272 g/mol. The van der Waals surface area contributed by atoms with E-state index in [4.69, 9.17) is 4.74 Å². The van der Waals surface area contributed by atoms with Gasteiger partial charge in [-0.1, -0.05) is 18.2 Å². The lowest BCUT2D eigenvalue weighted by molar-refractivity contribution is 0.110. The molecule has 20 heavy (non-hydrogen) atoms. The van der Waals surface area contributed by atoms with Gasteiger partial charge >= 0.3 is 0 Å². The van der Waals surface area contributed by atoms with Crippen molar-refractivity contribution in [3.63, 3.8) is 0 Å². The van der Waals surface area contributed by atoms with Gasteiger partial charge in [0.05, 0.1) is 6.10 Å². The number of rotatable bonds is 5. The van der Waals surface area contributed by atoms with Gasteiger partial charge in [-0.25, -0.2) is 0 Å². The predicted octanol–water partition coefficient (Wildman–Crippen LogP) is 3.49. The van der Waals surface area contributed by atoms with Gasteiger partial charge in [-0.2, -0.15) is 0 Å². The molecule has 0 spiro atoms. The highest BCUT2D eigenvalue weighted by atomic mass is 16.5. The molecule has 0 amide bonds. The average Bonchev–Trinajstić information content (AvgIpc) is 3.07. The van der Waals surface area contributed by atoms with E-state index in [0.717, 1.165) is 19.7 Å². The van der Waals surface area contributed by atoms with Crippen molar-refractivity contribution >= 4 is 10.9 Å². The minimum atomic E-state index is 0.411. The van der Waals surface area contributed by atoms with Crippen molar-refractivity contribution in [1.82, 2.24) is 9.88 Å². The Morgan fingerprint density at radius 1 is 1.35 bits per heavy atom. The number of fused-ring (bicyclic) bond motifs is 1. The number of benzene rings is 1. The summed E-state index contributed by atoms with van der Waals surface area (Å²) in [5.41, 5.74) is 2.71. The summed E-state index contributed by atoms with van der Waals surface area (Å²) in [5.74, 6) is 0. The molecule has 1 atom stereocenters. The van der Waals surface area contributed by atoms with Crippen molar-refractivity contribution in [2.75, 3.05) is 13.2 Å². The number of aromatic nitrogens is 1. The summed E-state index contributed by atoms with van der Waals surface area (Å²) in [6, 6.07) is 9.16. The molecule has 0 bridgehead atoms. The van der Waals surface area contributed by atoms with Crippen LogP contribution >= 0.6 is 0 Å². The highest BCUT2D eigenvalue weighted by molar-refractivity contribution is 5.84. The van der Waals surface area contributed by atoms with E-state index in [1.165, 1.54) is 29.3 Å². The summed E-state index contributed by atoms with van der Waals surface area (Å²) < 4.78 is 8.01. The zero-order chi connectivity index (χ0) is 13.9. The maximum atomic E-state index is 5.65. The lowest BCUT2D eigenvalue weighted by atomic mass is 10.1. The summed E-state index contributed by atoms with van der Waals surface area (Å²) in [4.78, 5) is 0. The lowest BCUT2D eigenvalue weighted by Crippen LogP contribution is -2.25. The first-order valence-electron chi connectivity index (χ1n) is 7.66. The molecule has 0 unspecified atom stereocenters. The van der Waals surface area contributed by atoms with E-state index >= 15 is 0 Å². The smallest absolute Gasteiger partial charge is 0.0700 e. The van der Waals surface area contributed by atoms with E-state index in [1.807, 2.05) is 0 Å². The molecule has 1 saturated heterocycles. The van der Waals surface area contributed by atoms with Crippen molar-refractivity contribution in [3.05, 3.63) is 36.0 Å². The topological polar surface area (TPSA) is 26.2 Å². The molecule has 3 nitrogen and oxygen atoms in total. The molecule has 3 rings (SSSR count). The molecular formula is C17H24N2O. The second-order valence-corrected chi connectivity index (χ2v) is 5.94. The molecule has 1 N–H and O–H groups in total. The summed E-state index contributed by atoms with van der Waals surface area (Å²) in [5, 5.41) is 4.91. The number of ether oxygens (including phenoxy) is 1. The quantitative estimate of drug-likeness (QED) is 0.901. The lowest BCUT2D eigenvalue weighted by Gasteiger charge is -2.10. The fourth-order valence-corrected chi connectivity index (χ4v) is 3.02. The van der Waals surface area contributed by atoms with Crippen LogP contribution in [0.15, 0.2) is 30.5 Å². The van der Waals surface area contributed by atoms with Crippen LogP contribution in [-0.4, -0.2) is 23.8 Å². The van der Waals surface area contributed by atoms with Crippen LogP contribution in [-0.2, 0) is 11.3 Å². The second-order valence-electron chi connectivity index (χ2n) is 5.94. The van der Waals surface area contributed by atoms with Gasteiger partial charge in [0.2, 0.25) is 0 Å². The van der Waals surface area contributed by atoms with Crippen LogP contribution in [0.5, 0.6) is 0 Å². The van der Waals surface area contributed by atoms with Crippen LogP contribution in [0, 0.1) is 0 Å². The number of para-hydroxylation sites is 1. The average molecular weight is 272 g/mol. The maximum Gasteiger partial charge on any atom is 0.0700 e. The molecule has 1 aromatic carbocycles. The normalized spacial score (nSPS) is 19.2. The summed E-state index contributed by atoms with van der Waals surface area (Å²) in [6.07, 6.45) is 5.10. The number of hydrogen-bond donors (Lipinski definition) is 1. The van der Waals surface area contributed by atoms with Gasteiger partial charge in [-0.3, -0.25) is 0 Å². The van der Waals surface area contributed by atoms with Crippen LogP contribution in [0.4, 0.5) is 0 Å². The second kappa shape index (κ2) is 5.98. The van der Waals surface area contributed by atoms with Crippen molar-refractivity contribution in [3.8, 4) is 0 Å². The third-order valence-corrected chi connectivity index (χ3v) is 4.09. The zero-order valence-corrected chi connectivity index (χ0v) is 12.4. The van der Waals surface area contributed by atoms with Gasteiger partial charge in [0, 0.05) is 42.8 Å². The molecular weight excluding hydrogens is 248 g/mol. The Balaban J connectivity index is 1.73. The van der Waals surface area contributed by atoms with E-state index in [2.05, 4.69) is 54.2 Å². The minimum absolute atomic E-state index is 0.411. The standard InChI is InChI=1S/C17H24N2O/c1-13(2)19-12-14(16-7-3-4-8-17(16)19)10-18-11-15-6-5-9-20-15/h3-4,7-8,12-13,15,18H,5-6,9-11H2,1-2H3/t15-/m0/s1. The molecule has 0 aliphatic carbocycles. The molecule has 0 saturated carbocycles. The van der Waals surface area contributed by atoms with E-state index in [1.54, 1.807) is 0 Å². The van der Waals surface area contributed by atoms with Crippen LogP contribution in [0.1, 0.15) is 38.3 Å². The Kier molecular flexibility index (Phi) is 4.08. The Bertz CT molecular complexity index is 567.